The predicted molar refractivity (Wildman–Crippen MR) is 107 cm³/mol. The number of nitrogens with zero attached hydrogens (tertiary/aromatic N) is 3. The fraction of sp³-hybridized carbons (Fsp3) is 0.143. The Morgan fingerprint density at radius 2 is 1.85 bits per heavy atom. The van der Waals surface area contributed by atoms with Gasteiger partial charge in [0.05, 0.1) is 0 Å². The maximum Gasteiger partial charge on any atom is 0.248 e. The molecule has 0 saturated carbocycles. The van der Waals surface area contributed by atoms with Crippen molar-refractivity contribution >= 4 is 16.7 Å². The van der Waals surface area contributed by atoms with Crippen molar-refractivity contribution in [3.63, 3.8) is 0 Å². The second-order valence-electron chi connectivity index (χ2n) is 6.22. The number of aromatic nitrogens is 4. The van der Waals surface area contributed by atoms with Crippen LogP contribution in [0.15, 0.2) is 65.7 Å². The summed E-state index contributed by atoms with van der Waals surface area (Å²) in [5.74, 6) is 1.40. The molecule has 0 bridgehead atoms. The zero-order valence-corrected chi connectivity index (χ0v) is 14.9. The molecule has 0 radical (unpaired) electrons. The van der Waals surface area contributed by atoms with Crippen molar-refractivity contribution in [2.24, 2.45) is 0 Å². The van der Waals surface area contributed by atoms with Gasteiger partial charge in [-0.15, -0.1) is 0 Å². The summed E-state index contributed by atoms with van der Waals surface area (Å²) in [6, 6.07) is 15.1. The molecule has 2 N–H and O–H groups in total. The van der Waals surface area contributed by atoms with Crippen LogP contribution in [0.2, 0.25) is 0 Å². The Bertz CT molecular complexity index is 1140. The number of benzene rings is 1. The van der Waals surface area contributed by atoms with Gasteiger partial charge in [0.25, 0.3) is 0 Å². The summed E-state index contributed by atoms with van der Waals surface area (Å²) in [6.45, 7) is 2.56. The number of hydrogen-bond acceptors (Lipinski definition) is 5. The molecule has 0 fully saturated rings. The number of rotatable bonds is 5. The Morgan fingerprint density at radius 3 is 2.67 bits per heavy atom. The number of aromatic amines is 1. The molecule has 4 rings (SSSR count). The van der Waals surface area contributed by atoms with Crippen LogP contribution in [0, 0.1) is 0 Å². The van der Waals surface area contributed by atoms with Gasteiger partial charge in [-0.25, -0.2) is 9.97 Å². The van der Waals surface area contributed by atoms with Gasteiger partial charge in [-0.3, -0.25) is 9.78 Å². The molecule has 3 aromatic heterocycles. The van der Waals surface area contributed by atoms with Crippen molar-refractivity contribution in [2.45, 2.75) is 19.9 Å². The molecule has 0 amide bonds. The standard InChI is InChI=1S/C21H19N5O/c1-2-16-12-19(26-21(24-16)14-7-9-22-10-8-14)23-13-15-11-20(27)25-18-6-4-3-5-17(15)18/h3-12H,2,13H2,1H3,(H,25,27)(H,23,24,26). The van der Waals surface area contributed by atoms with E-state index in [1.54, 1.807) is 18.5 Å². The Labute approximate surface area is 156 Å². The molecule has 0 spiro atoms. The summed E-state index contributed by atoms with van der Waals surface area (Å²) in [5, 5.41) is 4.36. The van der Waals surface area contributed by atoms with E-state index in [1.165, 1.54) is 0 Å². The summed E-state index contributed by atoms with van der Waals surface area (Å²) >= 11 is 0. The quantitative estimate of drug-likeness (QED) is 0.571. The lowest BCUT2D eigenvalue weighted by molar-refractivity contribution is 0.993. The van der Waals surface area contributed by atoms with Gasteiger partial charge >= 0.3 is 0 Å². The number of H-pyrrole nitrogens is 1. The largest absolute Gasteiger partial charge is 0.366 e. The van der Waals surface area contributed by atoms with E-state index >= 15 is 0 Å². The molecule has 0 unspecified atom stereocenters. The molecule has 0 aliphatic carbocycles. The first kappa shape index (κ1) is 16.9. The van der Waals surface area contributed by atoms with E-state index in [4.69, 9.17) is 0 Å². The molecule has 6 nitrogen and oxygen atoms in total. The van der Waals surface area contributed by atoms with E-state index in [9.17, 15) is 4.79 Å². The molecule has 0 aliphatic heterocycles. The number of para-hydroxylation sites is 1. The summed E-state index contributed by atoms with van der Waals surface area (Å²) in [7, 11) is 0. The topological polar surface area (TPSA) is 83.6 Å². The van der Waals surface area contributed by atoms with Crippen molar-refractivity contribution in [3.8, 4) is 11.4 Å². The van der Waals surface area contributed by atoms with Gasteiger partial charge < -0.3 is 10.3 Å². The van der Waals surface area contributed by atoms with Crippen LogP contribution < -0.4 is 10.9 Å². The average molecular weight is 357 g/mol. The highest BCUT2D eigenvalue weighted by Crippen LogP contribution is 2.19. The SMILES string of the molecule is CCc1cc(NCc2cc(=O)[nH]c3ccccc23)nc(-c2ccncc2)n1. The highest BCUT2D eigenvalue weighted by Gasteiger charge is 2.08. The van der Waals surface area contributed by atoms with Crippen molar-refractivity contribution in [1.82, 2.24) is 19.9 Å². The second kappa shape index (κ2) is 7.37. The minimum Gasteiger partial charge on any atom is -0.366 e. The minimum atomic E-state index is -0.111. The monoisotopic (exact) mass is 357 g/mol. The normalized spacial score (nSPS) is 10.9. The number of anilines is 1. The maximum absolute atomic E-state index is 11.9. The molecule has 27 heavy (non-hydrogen) atoms. The van der Waals surface area contributed by atoms with E-state index in [0.29, 0.717) is 12.4 Å². The van der Waals surface area contributed by atoms with Crippen LogP contribution in [-0.2, 0) is 13.0 Å². The average Bonchev–Trinajstić information content (AvgIpc) is 2.72. The third-order valence-electron chi connectivity index (χ3n) is 4.38. The Balaban J connectivity index is 1.67. The van der Waals surface area contributed by atoms with Crippen LogP contribution in [0.1, 0.15) is 18.2 Å². The molecule has 0 atom stereocenters. The molecule has 0 aliphatic rings. The second-order valence-corrected chi connectivity index (χ2v) is 6.22. The lowest BCUT2D eigenvalue weighted by Crippen LogP contribution is -2.10. The van der Waals surface area contributed by atoms with Crippen LogP contribution in [0.4, 0.5) is 5.82 Å². The van der Waals surface area contributed by atoms with Crippen molar-refractivity contribution < 1.29 is 0 Å². The Morgan fingerprint density at radius 1 is 1.04 bits per heavy atom. The van der Waals surface area contributed by atoms with Gasteiger partial charge in [-0.1, -0.05) is 25.1 Å². The van der Waals surface area contributed by atoms with E-state index in [-0.39, 0.29) is 5.56 Å². The van der Waals surface area contributed by atoms with Crippen LogP contribution in [-0.4, -0.2) is 19.9 Å². The molecule has 1 aromatic carbocycles. The third kappa shape index (κ3) is 3.69. The van der Waals surface area contributed by atoms with E-state index in [1.807, 2.05) is 42.5 Å². The highest BCUT2D eigenvalue weighted by molar-refractivity contribution is 5.82. The van der Waals surface area contributed by atoms with E-state index < -0.39 is 0 Å². The first-order chi connectivity index (χ1) is 13.2. The number of nitrogens with one attached hydrogen (secondary N) is 2. The molecule has 3 heterocycles. The highest BCUT2D eigenvalue weighted by atomic mass is 16.1. The van der Waals surface area contributed by atoms with Gasteiger partial charge in [-0.2, -0.15) is 0 Å². The van der Waals surface area contributed by atoms with E-state index in [0.717, 1.165) is 40.0 Å². The molecule has 4 aromatic rings. The number of hydrogen-bond donors (Lipinski definition) is 2. The smallest absolute Gasteiger partial charge is 0.248 e. The fourth-order valence-electron chi connectivity index (χ4n) is 3.01. The summed E-state index contributed by atoms with van der Waals surface area (Å²) in [5.41, 5.74) is 3.52. The molecular weight excluding hydrogens is 338 g/mol. The van der Waals surface area contributed by atoms with Gasteiger partial charge in [0.2, 0.25) is 5.56 Å². The van der Waals surface area contributed by atoms with Crippen LogP contribution in [0.5, 0.6) is 0 Å². The van der Waals surface area contributed by atoms with Crippen LogP contribution in [0.3, 0.4) is 0 Å². The number of fused-ring (bicyclic) bond motifs is 1. The van der Waals surface area contributed by atoms with Crippen molar-refractivity contribution in [2.75, 3.05) is 5.32 Å². The minimum absolute atomic E-state index is 0.111. The van der Waals surface area contributed by atoms with Gasteiger partial charge in [0, 0.05) is 53.2 Å². The first-order valence-electron chi connectivity index (χ1n) is 8.86. The lowest BCUT2D eigenvalue weighted by atomic mass is 10.1. The van der Waals surface area contributed by atoms with Crippen LogP contribution >= 0.6 is 0 Å². The number of pyridine rings is 2. The van der Waals surface area contributed by atoms with Gasteiger partial charge in [0.15, 0.2) is 5.82 Å². The fourth-order valence-corrected chi connectivity index (χ4v) is 3.01. The number of aryl methyl sites for hydroxylation is 1. The molecular formula is C21H19N5O. The molecule has 6 heteroatoms. The maximum atomic E-state index is 11.9. The van der Waals surface area contributed by atoms with E-state index in [2.05, 4.69) is 32.2 Å². The molecule has 0 saturated heterocycles. The zero-order valence-electron chi connectivity index (χ0n) is 14.9. The van der Waals surface area contributed by atoms with Crippen LogP contribution in [0.25, 0.3) is 22.3 Å². The Kier molecular flexibility index (Phi) is 4.61. The summed E-state index contributed by atoms with van der Waals surface area (Å²) in [4.78, 5) is 28.1. The first-order valence-corrected chi connectivity index (χ1v) is 8.86. The van der Waals surface area contributed by atoms with Gasteiger partial charge in [-0.05, 0) is 30.2 Å². The third-order valence-corrected chi connectivity index (χ3v) is 4.38. The zero-order chi connectivity index (χ0) is 18.6. The van der Waals surface area contributed by atoms with Gasteiger partial charge in [0.1, 0.15) is 5.82 Å². The summed E-state index contributed by atoms with van der Waals surface area (Å²) in [6.07, 6.45) is 4.27. The Hall–Kier alpha value is -3.54. The lowest BCUT2D eigenvalue weighted by Gasteiger charge is -2.11. The van der Waals surface area contributed by atoms with Crippen molar-refractivity contribution in [1.29, 1.82) is 0 Å². The summed E-state index contributed by atoms with van der Waals surface area (Å²) < 4.78 is 0. The molecule has 134 valence electrons. The predicted octanol–water partition coefficient (Wildman–Crippen LogP) is 3.55. The van der Waals surface area contributed by atoms with Crippen molar-refractivity contribution in [3.05, 3.63) is 82.5 Å².